The minimum atomic E-state index is -0.632. The van der Waals surface area contributed by atoms with Crippen molar-refractivity contribution in [2.24, 2.45) is 17.8 Å². The number of hydrogen-bond acceptors (Lipinski definition) is 7. The van der Waals surface area contributed by atoms with Crippen molar-refractivity contribution in [3.63, 3.8) is 0 Å². The summed E-state index contributed by atoms with van der Waals surface area (Å²) in [4.78, 5) is 25.9. The minimum absolute atomic E-state index is 0.0192. The number of piperidine rings is 1. The largest absolute Gasteiger partial charge is 0.481 e. The normalized spacial score (nSPS) is 25.5. The first-order valence-electron chi connectivity index (χ1n) is 13.4. The molecular weight excluding hydrogens is 506 g/mol. The number of anilines is 2. The van der Waals surface area contributed by atoms with Gasteiger partial charge >= 0.3 is 5.97 Å². The Morgan fingerprint density at radius 1 is 1.19 bits per heavy atom. The zero-order valence-corrected chi connectivity index (χ0v) is 22.9. The van der Waals surface area contributed by atoms with E-state index in [9.17, 15) is 9.90 Å². The van der Waals surface area contributed by atoms with Crippen LogP contribution in [0.15, 0.2) is 29.6 Å². The summed E-state index contributed by atoms with van der Waals surface area (Å²) in [5.74, 6) is 2.20. The Morgan fingerprint density at radius 3 is 2.76 bits per heavy atom. The molecule has 0 amide bonds. The smallest absolute Gasteiger partial charge is 0.306 e. The number of hydrogen-bond donors (Lipinski definition) is 2. The lowest BCUT2D eigenvalue weighted by molar-refractivity contribution is -0.147. The van der Waals surface area contributed by atoms with Gasteiger partial charge in [0.15, 0.2) is 0 Å². The zero-order chi connectivity index (χ0) is 25.7. The molecule has 2 N–H and O–H groups in total. The number of nitrogens with one attached hydrogen (secondary N) is 1. The number of carboxylic acids is 1. The summed E-state index contributed by atoms with van der Waals surface area (Å²) in [6.45, 7) is 8.34. The second-order valence-corrected chi connectivity index (χ2v) is 12.4. The highest BCUT2D eigenvalue weighted by molar-refractivity contribution is 7.17. The number of aliphatic carboxylic acids is 1. The lowest BCUT2D eigenvalue weighted by atomic mass is 9.76. The quantitative estimate of drug-likeness (QED) is 0.390. The number of aromatic nitrogens is 2. The maximum atomic E-state index is 11.2. The maximum Gasteiger partial charge on any atom is 0.306 e. The number of fused-ring (bicyclic) bond motifs is 1. The number of carboxylic acid groups (broad SMARTS) is 1. The van der Waals surface area contributed by atoms with E-state index in [-0.39, 0.29) is 12.0 Å². The van der Waals surface area contributed by atoms with Crippen LogP contribution in [0.3, 0.4) is 0 Å². The van der Waals surface area contributed by atoms with E-state index in [1.807, 2.05) is 13.0 Å². The topological polar surface area (TPSA) is 81.6 Å². The predicted molar refractivity (Wildman–Crippen MR) is 150 cm³/mol. The molecule has 37 heavy (non-hydrogen) atoms. The van der Waals surface area contributed by atoms with Crippen molar-refractivity contribution in [2.45, 2.75) is 51.6 Å². The van der Waals surface area contributed by atoms with Gasteiger partial charge in [-0.1, -0.05) is 23.7 Å². The molecule has 6 rings (SSSR count). The molecule has 4 heterocycles. The summed E-state index contributed by atoms with van der Waals surface area (Å²) in [5.41, 5.74) is 3.19. The van der Waals surface area contributed by atoms with Crippen LogP contribution in [0.2, 0.25) is 5.02 Å². The molecule has 1 saturated carbocycles. The second kappa shape index (κ2) is 10.0. The third kappa shape index (κ3) is 4.91. The first-order chi connectivity index (χ1) is 17.9. The van der Waals surface area contributed by atoms with E-state index in [1.54, 1.807) is 11.3 Å². The second-order valence-electron chi connectivity index (χ2n) is 11.1. The van der Waals surface area contributed by atoms with Crippen LogP contribution in [0, 0.1) is 24.7 Å². The maximum absolute atomic E-state index is 11.2. The van der Waals surface area contributed by atoms with Crippen LogP contribution in [0.4, 0.5) is 11.8 Å². The number of thiophene rings is 1. The van der Waals surface area contributed by atoms with E-state index in [0.29, 0.717) is 17.9 Å². The highest BCUT2D eigenvalue weighted by Crippen LogP contribution is 2.39. The number of likely N-dealkylation sites (tertiary alicyclic amines) is 1. The van der Waals surface area contributed by atoms with Gasteiger partial charge in [-0.2, -0.15) is 4.98 Å². The van der Waals surface area contributed by atoms with Gasteiger partial charge in [0.1, 0.15) is 5.82 Å². The van der Waals surface area contributed by atoms with Gasteiger partial charge in [0, 0.05) is 30.7 Å². The molecule has 7 nitrogen and oxygen atoms in total. The number of halogens is 1. The number of carbonyl (C=O) groups is 1. The fourth-order valence-corrected chi connectivity index (χ4v) is 7.36. The summed E-state index contributed by atoms with van der Waals surface area (Å²) < 4.78 is 1.07. The van der Waals surface area contributed by atoms with Gasteiger partial charge in [0.2, 0.25) is 5.95 Å². The van der Waals surface area contributed by atoms with E-state index in [4.69, 9.17) is 21.6 Å². The summed E-state index contributed by atoms with van der Waals surface area (Å²) in [6.07, 6.45) is 4.10. The lowest BCUT2D eigenvalue weighted by Gasteiger charge is -2.50. The van der Waals surface area contributed by atoms with Crippen LogP contribution in [0.5, 0.6) is 0 Å². The first kappa shape index (κ1) is 24.9. The Hall–Kier alpha value is -2.42. The summed E-state index contributed by atoms with van der Waals surface area (Å²) in [6, 6.07) is 8.73. The van der Waals surface area contributed by atoms with Crippen molar-refractivity contribution in [2.75, 3.05) is 36.4 Å². The summed E-state index contributed by atoms with van der Waals surface area (Å²) in [7, 11) is 0. The molecule has 1 aliphatic carbocycles. The van der Waals surface area contributed by atoms with Gasteiger partial charge in [-0.25, -0.2) is 4.98 Å². The number of nitrogens with zero attached hydrogens (tertiary/aromatic N) is 4. The van der Waals surface area contributed by atoms with Crippen molar-refractivity contribution >= 4 is 50.9 Å². The fourth-order valence-electron chi connectivity index (χ4n) is 6.18. The van der Waals surface area contributed by atoms with Gasteiger partial charge in [-0.3, -0.25) is 4.79 Å². The Bertz CT molecular complexity index is 1300. The van der Waals surface area contributed by atoms with Crippen molar-refractivity contribution in [1.29, 1.82) is 0 Å². The average molecular weight is 540 g/mol. The van der Waals surface area contributed by atoms with Crippen LogP contribution in [-0.2, 0) is 4.79 Å². The van der Waals surface area contributed by atoms with Gasteiger partial charge < -0.3 is 20.2 Å². The Labute approximate surface area is 226 Å². The SMILES string of the molecule is Cc1ccc([C@@H](C)Nc2nc(N3CC([C@H]4CCCN(C5CC(C(=O)O)C5)C4)C3)nc3ccsc23)c(Cl)c1. The molecule has 0 spiro atoms. The minimum Gasteiger partial charge on any atom is -0.481 e. The molecule has 2 aliphatic heterocycles. The van der Waals surface area contributed by atoms with E-state index in [1.165, 1.54) is 12.8 Å². The van der Waals surface area contributed by atoms with Crippen molar-refractivity contribution < 1.29 is 9.90 Å². The van der Waals surface area contributed by atoms with Gasteiger partial charge in [-0.05, 0) is 86.6 Å². The average Bonchev–Trinajstić information content (AvgIpc) is 3.26. The van der Waals surface area contributed by atoms with Crippen LogP contribution >= 0.6 is 22.9 Å². The third-order valence-corrected chi connectivity index (χ3v) is 9.83. The molecule has 2 atom stereocenters. The van der Waals surface area contributed by atoms with E-state index < -0.39 is 5.97 Å². The first-order valence-corrected chi connectivity index (χ1v) is 14.6. The van der Waals surface area contributed by atoms with Gasteiger partial charge in [0.25, 0.3) is 0 Å². The van der Waals surface area contributed by atoms with Crippen LogP contribution in [-0.4, -0.2) is 58.2 Å². The fraction of sp³-hybridized carbons (Fsp3) is 0.536. The molecule has 3 aromatic rings. The molecule has 196 valence electrons. The highest BCUT2D eigenvalue weighted by atomic mass is 35.5. The molecule has 3 aliphatic rings. The standard InChI is InChI=1S/C28H34ClN5O2S/c1-16-5-6-22(23(29)10-16)17(2)30-26-25-24(7-9-37-25)31-28(32-26)34-14-20(15-34)18-4-3-8-33(13-18)21-11-19(12-21)27(35)36/h5-7,9-10,17-21H,3-4,8,11-15H2,1-2H3,(H,35,36)(H,30,31,32)/t17-,18+,19?,21?/m1/s1. The predicted octanol–water partition coefficient (Wildman–Crippen LogP) is 5.84. The highest BCUT2D eigenvalue weighted by Gasteiger charge is 2.42. The van der Waals surface area contributed by atoms with Gasteiger partial charge in [0.05, 0.1) is 22.2 Å². The van der Waals surface area contributed by atoms with Crippen LogP contribution in [0.25, 0.3) is 10.2 Å². The molecule has 2 saturated heterocycles. The van der Waals surface area contributed by atoms with Gasteiger partial charge in [-0.15, -0.1) is 11.3 Å². The molecule has 3 fully saturated rings. The summed E-state index contributed by atoms with van der Waals surface area (Å²) >= 11 is 8.20. The number of rotatable bonds is 7. The van der Waals surface area contributed by atoms with Crippen LogP contribution < -0.4 is 10.2 Å². The Balaban J connectivity index is 1.12. The molecule has 0 unspecified atom stereocenters. The molecule has 1 aromatic carbocycles. The van der Waals surface area contributed by atoms with Crippen molar-refractivity contribution in [3.8, 4) is 0 Å². The van der Waals surface area contributed by atoms with Crippen molar-refractivity contribution in [1.82, 2.24) is 14.9 Å². The monoisotopic (exact) mass is 539 g/mol. The Morgan fingerprint density at radius 2 is 2.00 bits per heavy atom. The number of benzene rings is 1. The van der Waals surface area contributed by atoms with E-state index >= 15 is 0 Å². The van der Waals surface area contributed by atoms with Crippen LogP contribution in [0.1, 0.15) is 49.8 Å². The molecule has 2 aromatic heterocycles. The lowest BCUT2D eigenvalue weighted by Crippen LogP contribution is -2.56. The zero-order valence-electron chi connectivity index (χ0n) is 21.4. The molecule has 0 bridgehead atoms. The van der Waals surface area contributed by atoms with E-state index in [2.05, 4.69) is 45.6 Å². The number of aryl methyl sites for hydroxylation is 1. The molecule has 0 radical (unpaired) electrons. The Kier molecular flexibility index (Phi) is 6.75. The van der Waals surface area contributed by atoms with Crippen molar-refractivity contribution in [3.05, 3.63) is 45.8 Å². The molecular formula is C28H34ClN5O2S. The summed E-state index contributed by atoms with van der Waals surface area (Å²) in [5, 5.41) is 15.7. The third-order valence-electron chi connectivity index (χ3n) is 8.59. The van der Waals surface area contributed by atoms with E-state index in [0.717, 1.165) is 77.2 Å². The molecule has 9 heteroatoms.